The first-order valence-electron chi connectivity index (χ1n) is 8.64. The Morgan fingerprint density at radius 1 is 1.04 bits per heavy atom. The number of carbonyl (C=O) groups is 1. The van der Waals surface area contributed by atoms with Crippen molar-refractivity contribution in [2.45, 2.75) is 64.3 Å². The van der Waals surface area contributed by atoms with Gasteiger partial charge in [-0.3, -0.25) is 4.79 Å². The predicted molar refractivity (Wildman–Crippen MR) is 94.7 cm³/mol. The summed E-state index contributed by atoms with van der Waals surface area (Å²) in [5.41, 5.74) is 1.62. The lowest BCUT2D eigenvalue weighted by Gasteiger charge is -2.21. The number of likely N-dealkylation sites (tertiary alicyclic amines) is 1. The average molecular weight is 356 g/mol. The quantitative estimate of drug-likeness (QED) is 0.901. The predicted octanol–water partition coefficient (Wildman–Crippen LogP) is 2.34. The Morgan fingerprint density at radius 2 is 1.58 bits per heavy atom. The smallest absolute Gasteiger partial charge is 0.257 e. The summed E-state index contributed by atoms with van der Waals surface area (Å²) < 4.78 is 30.0. The molecule has 1 N–H and O–H groups in total. The Bertz CT molecular complexity index is 712. The third-order valence-corrected chi connectivity index (χ3v) is 6.51. The molecule has 2 heterocycles. The van der Waals surface area contributed by atoms with Crippen molar-refractivity contribution in [3.8, 4) is 0 Å². The van der Waals surface area contributed by atoms with Crippen LogP contribution >= 0.6 is 0 Å². The van der Waals surface area contributed by atoms with Crippen LogP contribution < -0.4 is 4.72 Å². The molecule has 1 amide bonds. The van der Waals surface area contributed by atoms with Gasteiger partial charge in [0.2, 0.25) is 10.0 Å². The summed E-state index contributed by atoms with van der Waals surface area (Å²) >= 11 is 0. The monoisotopic (exact) mass is 355 g/mol. The van der Waals surface area contributed by atoms with Gasteiger partial charge in [-0.2, -0.15) is 0 Å². The van der Waals surface area contributed by atoms with E-state index in [9.17, 15) is 13.2 Å². The Hall–Kier alpha value is -1.34. The van der Waals surface area contributed by atoms with Gasteiger partial charge >= 0.3 is 0 Å². The summed E-state index contributed by atoms with van der Waals surface area (Å²) in [6.07, 6.45) is 4.19. The maximum absolute atomic E-state index is 13.1. The van der Waals surface area contributed by atoms with Crippen molar-refractivity contribution >= 4 is 15.9 Å². The van der Waals surface area contributed by atoms with Gasteiger partial charge in [0.05, 0.1) is 5.56 Å². The van der Waals surface area contributed by atoms with Crippen LogP contribution in [0, 0.1) is 13.8 Å². The maximum atomic E-state index is 13.1. The second-order valence-electron chi connectivity index (χ2n) is 6.92. The number of nitrogens with one attached hydrogen (secondary N) is 1. The Kier molecular flexibility index (Phi) is 5.75. The molecule has 6 nitrogen and oxygen atoms in total. The highest BCUT2D eigenvalue weighted by Crippen LogP contribution is 2.28. The lowest BCUT2D eigenvalue weighted by Crippen LogP contribution is -2.35. The van der Waals surface area contributed by atoms with E-state index in [-0.39, 0.29) is 16.8 Å². The summed E-state index contributed by atoms with van der Waals surface area (Å²) in [6.45, 7) is 8.51. The van der Waals surface area contributed by atoms with Gasteiger partial charge in [-0.1, -0.05) is 12.8 Å². The molecule has 0 aliphatic carbocycles. The van der Waals surface area contributed by atoms with Gasteiger partial charge < -0.3 is 9.47 Å². The fraction of sp³-hybridized carbons (Fsp3) is 0.706. The Balaban J connectivity index is 2.53. The second kappa shape index (κ2) is 7.27. The lowest BCUT2D eigenvalue weighted by atomic mass is 10.2. The minimum absolute atomic E-state index is 0.130. The van der Waals surface area contributed by atoms with E-state index in [1.165, 1.54) is 0 Å². The first kappa shape index (κ1) is 19.0. The second-order valence-corrected chi connectivity index (χ2v) is 8.57. The molecule has 0 radical (unpaired) electrons. The molecule has 0 bridgehead atoms. The van der Waals surface area contributed by atoms with E-state index >= 15 is 0 Å². The van der Waals surface area contributed by atoms with Gasteiger partial charge in [-0.05, 0) is 40.5 Å². The lowest BCUT2D eigenvalue weighted by molar-refractivity contribution is 0.0757. The molecule has 7 heteroatoms. The largest absolute Gasteiger partial charge is 0.350 e. The molecule has 0 unspecified atom stereocenters. The van der Waals surface area contributed by atoms with Crippen molar-refractivity contribution in [2.24, 2.45) is 7.05 Å². The van der Waals surface area contributed by atoms with Gasteiger partial charge in [-0.25, -0.2) is 13.1 Å². The molecule has 0 spiro atoms. The SMILES string of the molecule is Cc1c(C(=O)N2CCCCCC2)c(S(=O)(=O)NC(C)C)c(C)n1C. The molecule has 0 atom stereocenters. The normalized spacial score (nSPS) is 16.5. The zero-order chi connectivity index (χ0) is 18.1. The van der Waals surface area contributed by atoms with Gasteiger partial charge in [0.25, 0.3) is 5.91 Å². The van der Waals surface area contributed by atoms with Crippen LogP contribution in [0.1, 0.15) is 61.3 Å². The Labute approximate surface area is 145 Å². The van der Waals surface area contributed by atoms with Crippen LogP contribution in [0.5, 0.6) is 0 Å². The minimum Gasteiger partial charge on any atom is -0.350 e. The molecule has 1 aliphatic rings. The molecule has 1 aliphatic heterocycles. The van der Waals surface area contributed by atoms with E-state index < -0.39 is 10.0 Å². The summed E-state index contributed by atoms with van der Waals surface area (Å²) in [5.74, 6) is -0.165. The zero-order valence-electron chi connectivity index (χ0n) is 15.3. The van der Waals surface area contributed by atoms with E-state index in [2.05, 4.69) is 4.72 Å². The van der Waals surface area contributed by atoms with Crippen LogP contribution in [-0.2, 0) is 17.1 Å². The molecule has 24 heavy (non-hydrogen) atoms. The number of nitrogens with zero attached hydrogens (tertiary/aromatic N) is 2. The zero-order valence-corrected chi connectivity index (χ0v) is 16.2. The molecule has 1 fully saturated rings. The van der Waals surface area contributed by atoms with Crippen LogP contribution in [0.2, 0.25) is 0 Å². The third kappa shape index (κ3) is 3.67. The highest BCUT2D eigenvalue weighted by atomic mass is 32.2. The highest BCUT2D eigenvalue weighted by Gasteiger charge is 2.33. The number of aromatic nitrogens is 1. The van der Waals surface area contributed by atoms with E-state index in [4.69, 9.17) is 0 Å². The van der Waals surface area contributed by atoms with E-state index in [1.54, 1.807) is 32.4 Å². The number of amides is 1. The van der Waals surface area contributed by atoms with Crippen molar-refractivity contribution < 1.29 is 13.2 Å². The van der Waals surface area contributed by atoms with Crippen molar-refractivity contribution in [2.75, 3.05) is 13.1 Å². The van der Waals surface area contributed by atoms with Crippen LogP contribution in [0.15, 0.2) is 4.90 Å². The van der Waals surface area contributed by atoms with Crippen molar-refractivity contribution in [3.63, 3.8) is 0 Å². The molecule has 1 aromatic rings. The minimum atomic E-state index is -3.73. The molecule has 2 rings (SSSR count). The van der Waals surface area contributed by atoms with Crippen molar-refractivity contribution in [1.29, 1.82) is 0 Å². The third-order valence-electron chi connectivity index (χ3n) is 4.69. The molecular weight excluding hydrogens is 326 g/mol. The number of rotatable bonds is 4. The molecular formula is C17H29N3O3S. The fourth-order valence-electron chi connectivity index (χ4n) is 3.30. The van der Waals surface area contributed by atoms with E-state index in [1.807, 2.05) is 11.8 Å². The van der Waals surface area contributed by atoms with E-state index in [0.29, 0.717) is 30.0 Å². The molecule has 1 saturated heterocycles. The summed E-state index contributed by atoms with van der Waals surface area (Å²) in [5, 5.41) is 0. The van der Waals surface area contributed by atoms with Gasteiger partial charge in [0.15, 0.2) is 0 Å². The van der Waals surface area contributed by atoms with Gasteiger partial charge in [0.1, 0.15) is 4.90 Å². The number of hydrogen-bond acceptors (Lipinski definition) is 3. The number of sulfonamides is 1. The maximum Gasteiger partial charge on any atom is 0.257 e. The summed E-state index contributed by atoms with van der Waals surface area (Å²) in [4.78, 5) is 15.1. The standard InChI is InChI=1S/C17H29N3O3S/c1-12(2)18-24(22,23)16-14(4)19(5)13(3)15(16)17(21)20-10-8-6-7-9-11-20/h12,18H,6-11H2,1-5H3. The summed E-state index contributed by atoms with van der Waals surface area (Å²) in [7, 11) is -1.93. The summed E-state index contributed by atoms with van der Waals surface area (Å²) in [6, 6.07) is -0.226. The van der Waals surface area contributed by atoms with Crippen LogP contribution in [-0.4, -0.2) is 42.9 Å². The average Bonchev–Trinajstić information content (AvgIpc) is 2.70. The molecule has 0 saturated carbocycles. The molecule has 136 valence electrons. The van der Waals surface area contributed by atoms with Crippen molar-refractivity contribution in [1.82, 2.24) is 14.2 Å². The first-order valence-corrected chi connectivity index (χ1v) is 10.1. The van der Waals surface area contributed by atoms with Gasteiger partial charge in [0, 0.05) is 37.6 Å². The fourth-order valence-corrected chi connectivity index (χ4v) is 5.07. The first-order chi connectivity index (χ1) is 11.2. The van der Waals surface area contributed by atoms with Crippen LogP contribution in [0.3, 0.4) is 0 Å². The van der Waals surface area contributed by atoms with E-state index in [0.717, 1.165) is 25.7 Å². The van der Waals surface area contributed by atoms with Crippen LogP contribution in [0.4, 0.5) is 0 Å². The molecule has 0 aromatic carbocycles. The number of carbonyl (C=O) groups excluding carboxylic acids is 1. The highest BCUT2D eigenvalue weighted by molar-refractivity contribution is 7.89. The van der Waals surface area contributed by atoms with Crippen LogP contribution in [0.25, 0.3) is 0 Å². The van der Waals surface area contributed by atoms with Crippen molar-refractivity contribution in [3.05, 3.63) is 17.0 Å². The van der Waals surface area contributed by atoms with Gasteiger partial charge in [-0.15, -0.1) is 0 Å². The number of hydrogen-bond donors (Lipinski definition) is 1. The Morgan fingerprint density at radius 3 is 2.08 bits per heavy atom. The topological polar surface area (TPSA) is 71.4 Å². The molecule has 1 aromatic heterocycles.